The number of nitrogens with two attached hydrogens (primary N) is 1. The first-order valence-corrected chi connectivity index (χ1v) is 11.0. The largest absolute Gasteiger partial charge is 0.391 e. The van der Waals surface area contributed by atoms with E-state index in [0.29, 0.717) is 12.5 Å². The van der Waals surface area contributed by atoms with Crippen LogP contribution in [-0.2, 0) is 14.4 Å². The molecule has 2 aliphatic rings. The molecule has 2 rings (SSSR count). The summed E-state index contributed by atoms with van der Waals surface area (Å²) in [4.78, 5) is 37.9. The molecule has 8 heteroatoms. The first kappa shape index (κ1) is 23.8. The van der Waals surface area contributed by atoms with Crippen molar-refractivity contribution in [1.29, 1.82) is 0 Å². The Morgan fingerprint density at radius 3 is 2.28 bits per heavy atom. The Hall–Kier alpha value is -1.51. The molecule has 0 spiro atoms. The lowest BCUT2D eigenvalue weighted by atomic mass is 9.75. The van der Waals surface area contributed by atoms with Gasteiger partial charge in [0.15, 0.2) is 5.78 Å². The molecule has 1 saturated carbocycles. The van der Waals surface area contributed by atoms with Crippen LogP contribution in [0.25, 0.3) is 0 Å². The molecule has 29 heavy (non-hydrogen) atoms. The maximum Gasteiger partial charge on any atom is 0.245 e. The molecular formula is C21H38N4O4. The molecule has 1 saturated heterocycles. The van der Waals surface area contributed by atoms with Crippen LogP contribution in [0.4, 0.5) is 0 Å². The molecule has 2 fully saturated rings. The molecule has 1 unspecified atom stereocenters. The Kier molecular flexibility index (Phi) is 9.04. The van der Waals surface area contributed by atoms with Gasteiger partial charge in [-0.05, 0) is 25.3 Å². The Morgan fingerprint density at radius 1 is 1.07 bits per heavy atom. The van der Waals surface area contributed by atoms with Gasteiger partial charge in [-0.15, -0.1) is 0 Å². The van der Waals surface area contributed by atoms with E-state index in [4.69, 9.17) is 5.73 Å². The number of aliphatic hydroxyl groups excluding tert-OH is 1. The zero-order valence-electron chi connectivity index (χ0n) is 17.9. The third-order valence-corrected chi connectivity index (χ3v) is 6.38. The topological polar surface area (TPSA) is 134 Å². The van der Waals surface area contributed by atoms with Crippen LogP contribution in [0.2, 0.25) is 0 Å². The molecule has 0 aromatic carbocycles. The van der Waals surface area contributed by atoms with Gasteiger partial charge in [0.1, 0.15) is 6.04 Å². The average Bonchev–Trinajstić information content (AvgIpc) is 3.19. The molecule has 6 N–H and O–H groups in total. The lowest BCUT2D eigenvalue weighted by molar-refractivity contribution is -0.136. The van der Waals surface area contributed by atoms with Crippen molar-refractivity contribution in [2.75, 3.05) is 19.6 Å². The summed E-state index contributed by atoms with van der Waals surface area (Å²) < 4.78 is 0. The van der Waals surface area contributed by atoms with Gasteiger partial charge < -0.3 is 26.8 Å². The summed E-state index contributed by atoms with van der Waals surface area (Å²) in [6.45, 7) is 6.30. The van der Waals surface area contributed by atoms with Gasteiger partial charge in [0.2, 0.25) is 11.8 Å². The molecule has 0 radical (unpaired) electrons. The summed E-state index contributed by atoms with van der Waals surface area (Å²) in [6, 6.07) is -1.95. The van der Waals surface area contributed by atoms with Gasteiger partial charge in [-0.1, -0.05) is 46.0 Å². The van der Waals surface area contributed by atoms with Crippen LogP contribution >= 0.6 is 0 Å². The second kappa shape index (κ2) is 11.0. The van der Waals surface area contributed by atoms with Crippen LogP contribution < -0.4 is 21.7 Å². The van der Waals surface area contributed by atoms with Crippen LogP contribution in [-0.4, -0.2) is 60.5 Å². The number of hydrogen-bond donors (Lipinski definition) is 5. The van der Waals surface area contributed by atoms with Crippen molar-refractivity contribution in [2.45, 2.75) is 71.1 Å². The zero-order valence-corrected chi connectivity index (χ0v) is 17.9. The van der Waals surface area contributed by atoms with Crippen LogP contribution in [0.15, 0.2) is 0 Å². The average molecular weight is 411 g/mol. The Morgan fingerprint density at radius 2 is 1.72 bits per heavy atom. The molecule has 1 aliphatic heterocycles. The number of ketones is 1. The maximum atomic E-state index is 13.0. The quantitative estimate of drug-likeness (QED) is 0.361. The summed E-state index contributed by atoms with van der Waals surface area (Å²) in [5.74, 6) is -0.678. The first-order chi connectivity index (χ1) is 13.8. The fourth-order valence-electron chi connectivity index (χ4n) is 4.62. The number of amides is 2. The standard InChI is InChI=1S/C21H38N4O4/c1-12(2)19(27)17(9-22)24-21(29)18(13(3)26)25-20(28)16-11-23-10-15(16)14-7-5-4-6-8-14/h12-18,23,26H,4-11,22H2,1-3H3,(H,24,29)(H,25,28)/t13-,15?,16+,17-,18-/m0/s1. The smallest absolute Gasteiger partial charge is 0.245 e. The number of rotatable bonds is 9. The Balaban J connectivity index is 2.02. The van der Waals surface area contributed by atoms with Crippen LogP contribution in [0.5, 0.6) is 0 Å². The second-order valence-electron chi connectivity index (χ2n) is 8.91. The minimum Gasteiger partial charge on any atom is -0.391 e. The molecule has 166 valence electrons. The highest BCUT2D eigenvalue weighted by molar-refractivity contribution is 5.94. The Bertz CT molecular complexity index is 575. The van der Waals surface area contributed by atoms with Crippen molar-refractivity contribution >= 4 is 17.6 Å². The number of carbonyl (C=O) groups excluding carboxylic acids is 3. The minimum atomic E-state index is -1.12. The van der Waals surface area contributed by atoms with Crippen molar-refractivity contribution in [1.82, 2.24) is 16.0 Å². The lowest BCUT2D eigenvalue weighted by Gasteiger charge is -2.31. The van der Waals surface area contributed by atoms with Gasteiger partial charge in [0.25, 0.3) is 0 Å². The minimum absolute atomic E-state index is 0.0282. The molecule has 1 aliphatic carbocycles. The lowest BCUT2D eigenvalue weighted by Crippen LogP contribution is -2.58. The van der Waals surface area contributed by atoms with E-state index >= 15 is 0 Å². The summed E-state index contributed by atoms with van der Waals surface area (Å²) in [5.41, 5.74) is 5.64. The summed E-state index contributed by atoms with van der Waals surface area (Å²) in [7, 11) is 0. The molecule has 0 aromatic rings. The van der Waals surface area contributed by atoms with Gasteiger partial charge in [0, 0.05) is 19.0 Å². The molecule has 8 nitrogen and oxygen atoms in total. The van der Waals surface area contributed by atoms with Crippen molar-refractivity contribution in [3.8, 4) is 0 Å². The van der Waals surface area contributed by atoms with Gasteiger partial charge in [-0.3, -0.25) is 14.4 Å². The second-order valence-corrected chi connectivity index (χ2v) is 8.91. The summed E-state index contributed by atoms with van der Waals surface area (Å²) >= 11 is 0. The van der Waals surface area contributed by atoms with E-state index in [1.807, 2.05) is 0 Å². The fraction of sp³-hybridized carbons (Fsp3) is 0.857. The highest BCUT2D eigenvalue weighted by Gasteiger charge is 2.40. The highest BCUT2D eigenvalue weighted by Crippen LogP contribution is 2.35. The SMILES string of the molecule is CC(C)C(=O)[C@H](CN)NC(=O)[C@@H](NC(=O)[C@@H]1CNCC1C1CCCCC1)[C@H](C)O. The fourth-order valence-corrected chi connectivity index (χ4v) is 4.62. The number of hydrogen-bond acceptors (Lipinski definition) is 6. The van der Waals surface area contributed by atoms with Gasteiger partial charge in [-0.2, -0.15) is 0 Å². The third-order valence-electron chi connectivity index (χ3n) is 6.38. The molecule has 1 heterocycles. The van der Waals surface area contributed by atoms with E-state index < -0.39 is 24.1 Å². The van der Waals surface area contributed by atoms with E-state index in [0.717, 1.165) is 19.4 Å². The van der Waals surface area contributed by atoms with Gasteiger partial charge in [0.05, 0.1) is 18.1 Å². The van der Waals surface area contributed by atoms with E-state index in [1.165, 1.54) is 26.2 Å². The van der Waals surface area contributed by atoms with E-state index in [2.05, 4.69) is 16.0 Å². The van der Waals surface area contributed by atoms with Crippen molar-refractivity contribution in [3.63, 3.8) is 0 Å². The summed E-state index contributed by atoms with van der Waals surface area (Å²) in [6.07, 6.45) is 4.87. The zero-order chi connectivity index (χ0) is 21.6. The van der Waals surface area contributed by atoms with Gasteiger partial charge in [-0.25, -0.2) is 0 Å². The highest BCUT2D eigenvalue weighted by atomic mass is 16.3. The van der Waals surface area contributed by atoms with Crippen molar-refractivity contribution in [2.24, 2.45) is 29.4 Å². The molecule has 2 amide bonds. The predicted octanol–water partition coefficient (Wildman–Crippen LogP) is -0.0635. The number of Topliss-reactive ketones (excluding diaryl/α,β-unsaturated/α-hetero) is 1. The van der Waals surface area contributed by atoms with Crippen molar-refractivity contribution in [3.05, 3.63) is 0 Å². The van der Waals surface area contributed by atoms with E-state index in [9.17, 15) is 19.5 Å². The molecule has 0 aromatic heterocycles. The predicted molar refractivity (Wildman–Crippen MR) is 111 cm³/mol. The number of carbonyl (C=O) groups is 3. The first-order valence-electron chi connectivity index (χ1n) is 11.0. The normalized spacial score (nSPS) is 26.0. The monoisotopic (exact) mass is 410 g/mol. The van der Waals surface area contributed by atoms with Crippen LogP contribution in [0.3, 0.4) is 0 Å². The number of aliphatic hydroxyl groups is 1. The van der Waals surface area contributed by atoms with Crippen molar-refractivity contribution < 1.29 is 19.5 Å². The van der Waals surface area contributed by atoms with Gasteiger partial charge >= 0.3 is 0 Å². The maximum absolute atomic E-state index is 13.0. The third kappa shape index (κ3) is 6.23. The van der Waals surface area contributed by atoms with E-state index in [1.54, 1.807) is 13.8 Å². The molecule has 0 bridgehead atoms. The number of nitrogens with one attached hydrogen (secondary N) is 3. The van der Waals surface area contributed by atoms with E-state index in [-0.39, 0.29) is 36.0 Å². The summed E-state index contributed by atoms with van der Waals surface area (Å²) in [5, 5.41) is 18.8. The molecular weight excluding hydrogens is 372 g/mol. The van der Waals surface area contributed by atoms with Crippen LogP contribution in [0.1, 0.15) is 52.9 Å². The van der Waals surface area contributed by atoms with Crippen LogP contribution in [0, 0.1) is 23.7 Å². The Labute approximate surface area is 173 Å². The molecule has 5 atom stereocenters.